The van der Waals surface area contributed by atoms with Crippen molar-refractivity contribution in [1.82, 2.24) is 9.88 Å². The second kappa shape index (κ2) is 9.50. The lowest BCUT2D eigenvalue weighted by Crippen LogP contribution is -2.42. The van der Waals surface area contributed by atoms with E-state index in [1.54, 1.807) is 18.3 Å². The summed E-state index contributed by atoms with van der Waals surface area (Å²) in [5.74, 6) is 1.73. The lowest BCUT2D eigenvalue weighted by Gasteiger charge is -2.34. The Hall–Kier alpha value is -2.11. The van der Waals surface area contributed by atoms with Gasteiger partial charge in [0.15, 0.2) is 0 Å². The van der Waals surface area contributed by atoms with Crippen LogP contribution in [0.15, 0.2) is 36.5 Å². The summed E-state index contributed by atoms with van der Waals surface area (Å²) < 4.78 is 0. The fourth-order valence-electron chi connectivity index (χ4n) is 7.01. The number of pyridine rings is 1. The molecular formula is C28H36ClN3O2. The number of carboxylic acid groups (broad SMARTS) is 1. The van der Waals surface area contributed by atoms with Gasteiger partial charge in [0.25, 0.3) is 0 Å². The van der Waals surface area contributed by atoms with Crippen LogP contribution in [0.4, 0.5) is 5.69 Å². The highest BCUT2D eigenvalue weighted by molar-refractivity contribution is 6.33. The van der Waals surface area contributed by atoms with Crippen LogP contribution >= 0.6 is 11.6 Å². The van der Waals surface area contributed by atoms with Crippen molar-refractivity contribution in [3.05, 3.63) is 58.4 Å². The number of hydrogen-bond acceptors (Lipinski definition) is 4. The van der Waals surface area contributed by atoms with Crippen molar-refractivity contribution in [2.45, 2.75) is 70.4 Å². The second-order valence-electron chi connectivity index (χ2n) is 11.3. The zero-order chi connectivity index (χ0) is 23.9. The monoisotopic (exact) mass is 481 g/mol. The van der Waals surface area contributed by atoms with E-state index < -0.39 is 5.97 Å². The quantitative estimate of drug-likeness (QED) is 0.512. The van der Waals surface area contributed by atoms with Crippen LogP contribution in [-0.2, 0) is 12.0 Å². The summed E-state index contributed by atoms with van der Waals surface area (Å²) in [4.78, 5) is 18.2. The first-order valence-electron chi connectivity index (χ1n) is 12.8. The highest BCUT2D eigenvalue weighted by Gasteiger charge is 2.46. The van der Waals surface area contributed by atoms with Crippen LogP contribution in [0.3, 0.4) is 0 Å². The number of rotatable bonds is 6. The number of anilines is 1. The van der Waals surface area contributed by atoms with Gasteiger partial charge < -0.3 is 10.4 Å². The third-order valence-electron chi connectivity index (χ3n) is 8.53. The van der Waals surface area contributed by atoms with Crippen LogP contribution in [0.5, 0.6) is 0 Å². The van der Waals surface area contributed by atoms with E-state index in [1.807, 2.05) is 0 Å². The Balaban J connectivity index is 1.23. The summed E-state index contributed by atoms with van der Waals surface area (Å²) in [6.45, 7) is 7.16. The van der Waals surface area contributed by atoms with E-state index in [9.17, 15) is 9.90 Å². The molecule has 1 aliphatic heterocycles. The number of carbonyl (C=O) groups is 1. The van der Waals surface area contributed by atoms with E-state index in [1.165, 1.54) is 31.2 Å². The molecule has 1 aromatic carbocycles. The summed E-state index contributed by atoms with van der Waals surface area (Å²) in [5, 5.41) is 13.9. The predicted molar refractivity (Wildman–Crippen MR) is 137 cm³/mol. The van der Waals surface area contributed by atoms with E-state index >= 15 is 0 Å². The standard InChI is InChI=1S/C28H36ClN3O2/c1-18-11-19-14-28(2,15-20(19)12-18)21-7-8-25(24(29)13-21)31-22-5-4-10-32(16-22)17-26-23(27(33)34)6-3-9-30-26/h3,6-9,13,18-20,22,31H,4-5,10-12,14-17H2,1-2H3,(H,33,34). The molecule has 0 radical (unpaired) electrons. The molecule has 1 aromatic heterocycles. The van der Waals surface area contributed by atoms with E-state index in [4.69, 9.17) is 11.6 Å². The number of hydrogen-bond donors (Lipinski definition) is 2. The molecule has 3 atom stereocenters. The van der Waals surface area contributed by atoms with Crippen molar-refractivity contribution < 1.29 is 9.90 Å². The van der Waals surface area contributed by atoms with Gasteiger partial charge in [-0.3, -0.25) is 9.88 Å². The molecule has 3 unspecified atom stereocenters. The predicted octanol–water partition coefficient (Wildman–Crippen LogP) is 6.22. The number of nitrogens with one attached hydrogen (secondary N) is 1. The molecule has 2 N–H and O–H groups in total. The Bertz CT molecular complexity index is 1040. The first-order chi connectivity index (χ1) is 16.3. The van der Waals surface area contributed by atoms with Gasteiger partial charge in [-0.1, -0.05) is 31.5 Å². The van der Waals surface area contributed by atoms with Gasteiger partial charge in [0.1, 0.15) is 0 Å². The maximum Gasteiger partial charge on any atom is 0.337 e. The van der Waals surface area contributed by atoms with Crippen molar-refractivity contribution in [2.75, 3.05) is 18.4 Å². The van der Waals surface area contributed by atoms with Crippen molar-refractivity contribution >= 4 is 23.3 Å². The number of likely N-dealkylation sites (tertiary alicyclic amines) is 1. The summed E-state index contributed by atoms with van der Waals surface area (Å²) in [6, 6.07) is 10.2. The maximum absolute atomic E-state index is 11.5. The van der Waals surface area contributed by atoms with Gasteiger partial charge in [0.05, 0.1) is 22.0 Å². The minimum absolute atomic E-state index is 0.240. The number of fused-ring (bicyclic) bond motifs is 1. The van der Waals surface area contributed by atoms with Crippen LogP contribution in [0, 0.1) is 17.8 Å². The first kappa shape index (κ1) is 23.6. The number of benzene rings is 1. The largest absolute Gasteiger partial charge is 0.478 e. The minimum Gasteiger partial charge on any atom is -0.478 e. The van der Waals surface area contributed by atoms with Gasteiger partial charge in [-0.15, -0.1) is 0 Å². The Labute approximate surface area is 207 Å². The molecule has 6 heteroatoms. The van der Waals surface area contributed by atoms with Gasteiger partial charge in [0, 0.05) is 25.3 Å². The fourth-order valence-corrected chi connectivity index (χ4v) is 7.24. The van der Waals surface area contributed by atoms with Crippen LogP contribution < -0.4 is 5.32 Å². The lowest BCUT2D eigenvalue weighted by molar-refractivity contribution is 0.0693. The number of aromatic nitrogens is 1. The third kappa shape index (κ3) is 4.83. The Morgan fingerprint density at radius 3 is 2.74 bits per heavy atom. The smallest absolute Gasteiger partial charge is 0.337 e. The average Bonchev–Trinajstić information content (AvgIpc) is 3.29. The Morgan fingerprint density at radius 2 is 2.03 bits per heavy atom. The normalized spacial score (nSPS) is 31.4. The highest BCUT2D eigenvalue weighted by atomic mass is 35.5. The van der Waals surface area contributed by atoms with Crippen LogP contribution in [0.2, 0.25) is 5.02 Å². The molecule has 5 nitrogen and oxygen atoms in total. The SMILES string of the molecule is CC1CC2CC(C)(c3ccc(NC4CCCN(Cc5ncccc5C(=O)O)C4)c(Cl)c3)CC2C1. The molecule has 34 heavy (non-hydrogen) atoms. The Morgan fingerprint density at radius 1 is 1.26 bits per heavy atom. The van der Waals surface area contributed by atoms with Crippen LogP contribution in [0.1, 0.15) is 74.0 Å². The molecule has 3 aliphatic rings. The molecule has 2 aromatic rings. The summed E-state index contributed by atoms with van der Waals surface area (Å²) in [6.07, 6.45) is 9.14. The molecule has 0 bridgehead atoms. The van der Waals surface area contributed by atoms with Gasteiger partial charge in [-0.25, -0.2) is 4.79 Å². The first-order valence-corrected chi connectivity index (χ1v) is 13.1. The van der Waals surface area contributed by atoms with E-state index in [0.29, 0.717) is 12.2 Å². The molecule has 1 saturated heterocycles. The van der Waals surface area contributed by atoms with Crippen LogP contribution in [0.25, 0.3) is 0 Å². The van der Waals surface area contributed by atoms with Crippen molar-refractivity contribution in [2.24, 2.45) is 17.8 Å². The maximum atomic E-state index is 11.5. The molecule has 182 valence electrons. The third-order valence-corrected chi connectivity index (χ3v) is 8.84. The summed E-state index contributed by atoms with van der Waals surface area (Å²) in [7, 11) is 0. The number of piperidine rings is 1. The minimum atomic E-state index is -0.921. The zero-order valence-electron chi connectivity index (χ0n) is 20.3. The number of aromatic carboxylic acids is 1. The molecule has 2 saturated carbocycles. The molecule has 2 aliphatic carbocycles. The highest BCUT2D eigenvalue weighted by Crippen LogP contribution is 2.55. The van der Waals surface area contributed by atoms with Crippen molar-refractivity contribution in [1.29, 1.82) is 0 Å². The van der Waals surface area contributed by atoms with Crippen molar-refractivity contribution in [3.63, 3.8) is 0 Å². The van der Waals surface area contributed by atoms with E-state index in [-0.39, 0.29) is 17.0 Å². The molecule has 0 amide bonds. The van der Waals surface area contributed by atoms with E-state index in [0.717, 1.165) is 54.4 Å². The van der Waals surface area contributed by atoms with Crippen molar-refractivity contribution in [3.8, 4) is 0 Å². The number of carboxylic acids is 1. The summed E-state index contributed by atoms with van der Waals surface area (Å²) in [5.41, 5.74) is 3.53. The average molecular weight is 482 g/mol. The fraction of sp³-hybridized carbons (Fsp3) is 0.571. The van der Waals surface area contributed by atoms with Crippen LogP contribution in [-0.4, -0.2) is 40.1 Å². The number of nitrogens with zero attached hydrogens (tertiary/aromatic N) is 2. The summed E-state index contributed by atoms with van der Waals surface area (Å²) >= 11 is 6.80. The molecule has 2 heterocycles. The lowest BCUT2D eigenvalue weighted by atomic mass is 9.78. The van der Waals surface area contributed by atoms with Gasteiger partial charge in [0.2, 0.25) is 0 Å². The molecule has 3 fully saturated rings. The second-order valence-corrected chi connectivity index (χ2v) is 11.7. The molecular weight excluding hydrogens is 446 g/mol. The van der Waals surface area contributed by atoms with Gasteiger partial charge in [-0.05, 0) is 98.1 Å². The Kier molecular flexibility index (Phi) is 6.60. The zero-order valence-corrected chi connectivity index (χ0v) is 21.0. The molecule has 5 rings (SSSR count). The topological polar surface area (TPSA) is 65.5 Å². The van der Waals surface area contributed by atoms with E-state index in [2.05, 4.69) is 47.2 Å². The van der Waals surface area contributed by atoms with Gasteiger partial charge >= 0.3 is 5.97 Å². The molecule has 0 spiro atoms. The van der Waals surface area contributed by atoms with Gasteiger partial charge in [-0.2, -0.15) is 0 Å². The number of halogens is 1.